The number of carbonyl (C=O) groups excluding carboxylic acids is 2. The molecule has 0 radical (unpaired) electrons. The van der Waals surface area contributed by atoms with Crippen molar-refractivity contribution in [2.24, 2.45) is 0 Å². The van der Waals surface area contributed by atoms with Gasteiger partial charge in [-0.1, -0.05) is 0 Å². The van der Waals surface area contributed by atoms with Crippen molar-refractivity contribution in [3.63, 3.8) is 0 Å². The molecule has 0 bridgehead atoms. The molecule has 0 saturated carbocycles. The predicted octanol–water partition coefficient (Wildman–Crippen LogP) is 2.23. The Hall–Kier alpha value is -3.86. The number of nitrogens with zero attached hydrogens (tertiary/aromatic N) is 3. The number of morpholine rings is 1. The first-order valence-electron chi connectivity index (χ1n) is 8.57. The van der Waals surface area contributed by atoms with E-state index in [4.69, 9.17) is 4.74 Å². The van der Waals surface area contributed by atoms with Crippen LogP contribution in [0.4, 0.5) is 17.1 Å². The minimum Gasteiger partial charge on any atom is -0.378 e. The van der Waals surface area contributed by atoms with Crippen molar-refractivity contribution in [2.45, 2.75) is 0 Å². The molecule has 2 aromatic carbocycles. The summed E-state index contributed by atoms with van der Waals surface area (Å²) < 4.78 is 5.21. The molecule has 0 unspecified atom stereocenters. The second-order valence-corrected chi connectivity index (χ2v) is 6.19. The van der Waals surface area contributed by atoms with Gasteiger partial charge in [0, 0.05) is 36.5 Å². The highest BCUT2D eigenvalue weighted by molar-refractivity contribution is 6.05. The molecule has 1 fully saturated rings. The summed E-state index contributed by atoms with van der Waals surface area (Å²) in [5, 5.41) is 24.4. The third-order valence-corrected chi connectivity index (χ3v) is 4.27. The van der Waals surface area contributed by atoms with Crippen molar-refractivity contribution in [3.05, 3.63) is 73.8 Å². The molecule has 29 heavy (non-hydrogen) atoms. The largest absolute Gasteiger partial charge is 0.378 e. The number of amides is 2. The molecule has 0 atom stereocenters. The number of rotatable bonds is 5. The molecule has 11 nitrogen and oxygen atoms in total. The molecule has 1 aliphatic heterocycles. The molecule has 11 heteroatoms. The van der Waals surface area contributed by atoms with E-state index in [2.05, 4.69) is 5.32 Å². The molecule has 0 spiro atoms. The summed E-state index contributed by atoms with van der Waals surface area (Å²) in [5.74, 6) is -0.899. The molecule has 1 saturated heterocycles. The Kier molecular flexibility index (Phi) is 5.79. The van der Waals surface area contributed by atoms with Gasteiger partial charge in [-0.25, -0.2) is 0 Å². The minimum absolute atomic E-state index is 0.152. The molecule has 3 rings (SSSR count). The van der Waals surface area contributed by atoms with E-state index in [1.807, 2.05) is 0 Å². The SMILES string of the molecule is O=C(Nc1ccc(C(=O)N2CCOCC2)cc1)c1cc([N+](=O)[O-])cc([N+](=O)[O-])c1. The quantitative estimate of drug-likeness (QED) is 0.598. The minimum atomic E-state index is -0.810. The number of non-ortho nitro benzene ring substituents is 2. The summed E-state index contributed by atoms with van der Waals surface area (Å²) >= 11 is 0. The van der Waals surface area contributed by atoms with Gasteiger partial charge in [0.1, 0.15) is 0 Å². The van der Waals surface area contributed by atoms with Crippen molar-refractivity contribution in [2.75, 3.05) is 31.6 Å². The highest BCUT2D eigenvalue weighted by Gasteiger charge is 2.21. The zero-order chi connectivity index (χ0) is 21.0. The van der Waals surface area contributed by atoms with Crippen LogP contribution in [-0.2, 0) is 4.74 Å². The van der Waals surface area contributed by atoms with E-state index in [1.165, 1.54) is 12.1 Å². The van der Waals surface area contributed by atoms with Gasteiger partial charge in [0.15, 0.2) is 0 Å². The average molecular weight is 400 g/mol. The maximum absolute atomic E-state index is 12.4. The van der Waals surface area contributed by atoms with Crippen LogP contribution in [0.3, 0.4) is 0 Å². The van der Waals surface area contributed by atoms with Gasteiger partial charge in [0.25, 0.3) is 23.2 Å². The summed E-state index contributed by atoms with van der Waals surface area (Å²) in [5.41, 5.74) is -0.565. The molecular weight excluding hydrogens is 384 g/mol. The van der Waals surface area contributed by atoms with Crippen LogP contribution in [0.15, 0.2) is 42.5 Å². The van der Waals surface area contributed by atoms with Gasteiger partial charge < -0.3 is 15.0 Å². The molecule has 1 heterocycles. The van der Waals surface area contributed by atoms with Gasteiger partial charge >= 0.3 is 0 Å². The topological polar surface area (TPSA) is 145 Å². The van der Waals surface area contributed by atoms with Crippen LogP contribution in [0.25, 0.3) is 0 Å². The number of ether oxygens (including phenoxy) is 1. The number of hydrogen-bond acceptors (Lipinski definition) is 7. The van der Waals surface area contributed by atoms with Crippen LogP contribution in [0.1, 0.15) is 20.7 Å². The summed E-state index contributed by atoms with van der Waals surface area (Å²) in [6, 6.07) is 8.81. The van der Waals surface area contributed by atoms with Crippen LogP contribution >= 0.6 is 0 Å². The summed E-state index contributed by atoms with van der Waals surface area (Å²) in [7, 11) is 0. The van der Waals surface area contributed by atoms with Gasteiger partial charge in [0.2, 0.25) is 0 Å². The lowest BCUT2D eigenvalue weighted by Crippen LogP contribution is -2.40. The molecule has 2 amide bonds. The van der Waals surface area contributed by atoms with Crippen molar-refractivity contribution >= 4 is 28.9 Å². The summed E-state index contributed by atoms with van der Waals surface area (Å²) in [4.78, 5) is 46.7. The van der Waals surface area contributed by atoms with Gasteiger partial charge in [-0.2, -0.15) is 0 Å². The van der Waals surface area contributed by atoms with Gasteiger partial charge in [-0.15, -0.1) is 0 Å². The van der Waals surface area contributed by atoms with Crippen molar-refractivity contribution in [3.8, 4) is 0 Å². The average Bonchev–Trinajstić information content (AvgIpc) is 2.74. The predicted molar refractivity (Wildman–Crippen MR) is 101 cm³/mol. The summed E-state index contributed by atoms with van der Waals surface area (Å²) in [6.07, 6.45) is 0. The third-order valence-electron chi connectivity index (χ3n) is 4.27. The smallest absolute Gasteiger partial charge is 0.277 e. The Bertz CT molecular complexity index is 936. The number of benzene rings is 2. The molecule has 1 aliphatic rings. The van der Waals surface area contributed by atoms with Crippen molar-refractivity contribution in [1.82, 2.24) is 4.90 Å². The lowest BCUT2D eigenvalue weighted by molar-refractivity contribution is -0.394. The number of hydrogen-bond donors (Lipinski definition) is 1. The first-order chi connectivity index (χ1) is 13.8. The second-order valence-electron chi connectivity index (χ2n) is 6.19. The lowest BCUT2D eigenvalue weighted by Gasteiger charge is -2.26. The Balaban J connectivity index is 1.74. The monoisotopic (exact) mass is 400 g/mol. The third kappa shape index (κ3) is 4.71. The van der Waals surface area contributed by atoms with E-state index < -0.39 is 27.1 Å². The Morgan fingerprint density at radius 1 is 0.897 bits per heavy atom. The van der Waals surface area contributed by atoms with Gasteiger partial charge in [-0.3, -0.25) is 29.8 Å². The molecular formula is C18H16N4O7. The Labute approximate surface area is 164 Å². The number of nitro benzene ring substituents is 2. The maximum atomic E-state index is 12.4. The number of nitrogens with one attached hydrogen (secondary N) is 1. The van der Waals surface area contributed by atoms with Crippen LogP contribution in [0.2, 0.25) is 0 Å². The molecule has 1 N–H and O–H groups in total. The van der Waals surface area contributed by atoms with E-state index in [1.54, 1.807) is 17.0 Å². The van der Waals surface area contributed by atoms with E-state index >= 15 is 0 Å². The number of anilines is 1. The summed E-state index contributed by atoms with van der Waals surface area (Å²) in [6.45, 7) is 1.97. The van der Waals surface area contributed by atoms with Crippen LogP contribution in [-0.4, -0.2) is 52.9 Å². The lowest BCUT2D eigenvalue weighted by atomic mass is 10.1. The van der Waals surface area contributed by atoms with Crippen LogP contribution in [0, 0.1) is 20.2 Å². The Morgan fingerprint density at radius 3 is 1.97 bits per heavy atom. The fourth-order valence-electron chi connectivity index (χ4n) is 2.79. The molecule has 0 aliphatic carbocycles. The van der Waals surface area contributed by atoms with Crippen molar-refractivity contribution in [1.29, 1.82) is 0 Å². The Morgan fingerprint density at radius 2 is 1.45 bits per heavy atom. The van der Waals surface area contributed by atoms with Gasteiger partial charge in [-0.05, 0) is 24.3 Å². The molecule has 2 aromatic rings. The van der Waals surface area contributed by atoms with Crippen LogP contribution in [0.5, 0.6) is 0 Å². The zero-order valence-corrected chi connectivity index (χ0v) is 15.1. The first kappa shape index (κ1) is 19.9. The molecule has 0 aromatic heterocycles. The maximum Gasteiger partial charge on any atom is 0.277 e. The number of carbonyl (C=O) groups is 2. The molecule has 150 valence electrons. The van der Waals surface area contributed by atoms with E-state index in [0.717, 1.165) is 18.2 Å². The number of nitro groups is 2. The fourth-order valence-corrected chi connectivity index (χ4v) is 2.79. The van der Waals surface area contributed by atoms with E-state index in [0.29, 0.717) is 37.6 Å². The van der Waals surface area contributed by atoms with E-state index in [9.17, 15) is 29.8 Å². The highest BCUT2D eigenvalue weighted by atomic mass is 16.6. The zero-order valence-electron chi connectivity index (χ0n) is 15.1. The second kappa shape index (κ2) is 8.44. The normalized spacial score (nSPS) is 13.6. The first-order valence-corrected chi connectivity index (χ1v) is 8.57. The standard InChI is InChI=1S/C18H16N4O7/c23-17(13-9-15(21(25)26)11-16(10-13)22(27)28)19-14-3-1-12(2-4-14)18(24)20-5-7-29-8-6-20/h1-4,9-11H,5-8H2,(H,19,23). The van der Waals surface area contributed by atoms with Gasteiger partial charge in [0.05, 0.1) is 34.7 Å². The fraction of sp³-hybridized carbons (Fsp3) is 0.222. The van der Waals surface area contributed by atoms with E-state index in [-0.39, 0.29) is 11.5 Å². The van der Waals surface area contributed by atoms with Crippen molar-refractivity contribution < 1.29 is 24.2 Å². The highest BCUT2D eigenvalue weighted by Crippen LogP contribution is 2.23. The van der Waals surface area contributed by atoms with Crippen LogP contribution < -0.4 is 5.32 Å².